The van der Waals surface area contributed by atoms with Gasteiger partial charge in [0.1, 0.15) is 12.6 Å². The number of carbonyl (C=O) groups excluding carboxylic acids is 2. The van der Waals surface area contributed by atoms with Crippen molar-refractivity contribution < 1.29 is 19.5 Å². The molecule has 0 spiro atoms. The number of hydrogen-bond donors (Lipinski definition) is 2. The summed E-state index contributed by atoms with van der Waals surface area (Å²) in [6.45, 7) is 5.66. The molecule has 102 valence electrons. The van der Waals surface area contributed by atoms with Crippen molar-refractivity contribution in [1.82, 2.24) is 10.2 Å². The maximum absolute atomic E-state index is 11.7. The van der Waals surface area contributed by atoms with Crippen LogP contribution in [0.2, 0.25) is 0 Å². The Bertz CT molecular complexity index is 354. The highest BCUT2D eigenvalue weighted by Gasteiger charge is 2.37. The van der Waals surface area contributed by atoms with Crippen molar-refractivity contribution in [2.45, 2.75) is 45.7 Å². The molecule has 0 aromatic heterocycles. The summed E-state index contributed by atoms with van der Waals surface area (Å²) in [6, 6.07) is -0.865. The lowest BCUT2D eigenvalue weighted by Crippen LogP contribution is -2.47. The van der Waals surface area contributed by atoms with Crippen molar-refractivity contribution in [1.29, 1.82) is 0 Å². The van der Waals surface area contributed by atoms with E-state index in [0.717, 1.165) is 4.90 Å². The van der Waals surface area contributed by atoms with Crippen LogP contribution in [0.5, 0.6) is 0 Å². The third kappa shape index (κ3) is 3.45. The molecule has 2 atom stereocenters. The molecular formula is C12H20N2O4. The van der Waals surface area contributed by atoms with Gasteiger partial charge in [0.25, 0.3) is 0 Å². The summed E-state index contributed by atoms with van der Waals surface area (Å²) in [6.07, 6.45) is 0.477. The van der Waals surface area contributed by atoms with Crippen LogP contribution in [0.4, 0.5) is 0 Å². The summed E-state index contributed by atoms with van der Waals surface area (Å²) in [7, 11) is 0. The Kier molecular flexibility index (Phi) is 4.69. The summed E-state index contributed by atoms with van der Waals surface area (Å²) in [5.41, 5.74) is 0. The number of nitrogens with one attached hydrogen (secondary N) is 1. The van der Waals surface area contributed by atoms with Crippen molar-refractivity contribution >= 4 is 17.8 Å². The first kappa shape index (κ1) is 14.5. The van der Waals surface area contributed by atoms with Crippen molar-refractivity contribution in [3.05, 3.63) is 0 Å². The van der Waals surface area contributed by atoms with Crippen LogP contribution in [0.3, 0.4) is 0 Å². The Hall–Kier alpha value is -1.59. The average molecular weight is 256 g/mol. The topological polar surface area (TPSA) is 86.7 Å². The second-order valence-electron chi connectivity index (χ2n) is 5.01. The third-order valence-electron chi connectivity index (χ3n) is 3.32. The average Bonchev–Trinajstić information content (AvgIpc) is 2.60. The fourth-order valence-corrected chi connectivity index (χ4v) is 1.81. The van der Waals surface area contributed by atoms with E-state index < -0.39 is 12.0 Å². The van der Waals surface area contributed by atoms with Gasteiger partial charge in [-0.3, -0.25) is 9.59 Å². The molecule has 6 nitrogen and oxygen atoms in total. The van der Waals surface area contributed by atoms with Gasteiger partial charge in [-0.25, -0.2) is 4.79 Å². The molecule has 2 amide bonds. The number of carboxylic acid groups (broad SMARTS) is 1. The SMILES string of the molecule is CC(C)C(C)NC(=O)CN1C(=O)CCC1C(=O)O. The van der Waals surface area contributed by atoms with E-state index in [4.69, 9.17) is 5.11 Å². The van der Waals surface area contributed by atoms with Crippen molar-refractivity contribution in [3.8, 4) is 0 Å². The van der Waals surface area contributed by atoms with E-state index in [1.807, 2.05) is 20.8 Å². The van der Waals surface area contributed by atoms with Gasteiger partial charge < -0.3 is 15.3 Å². The molecule has 0 saturated carbocycles. The third-order valence-corrected chi connectivity index (χ3v) is 3.32. The van der Waals surface area contributed by atoms with Crippen LogP contribution in [0.25, 0.3) is 0 Å². The minimum atomic E-state index is -1.05. The van der Waals surface area contributed by atoms with Crippen LogP contribution in [-0.2, 0) is 14.4 Å². The van der Waals surface area contributed by atoms with Gasteiger partial charge in [-0.15, -0.1) is 0 Å². The van der Waals surface area contributed by atoms with E-state index in [9.17, 15) is 14.4 Å². The second kappa shape index (κ2) is 5.84. The quantitative estimate of drug-likeness (QED) is 0.737. The van der Waals surface area contributed by atoms with Gasteiger partial charge in [-0.1, -0.05) is 13.8 Å². The van der Waals surface area contributed by atoms with Gasteiger partial charge in [0.05, 0.1) is 0 Å². The predicted octanol–water partition coefficient (Wildman–Crippen LogP) is 0.223. The number of rotatable bonds is 5. The van der Waals surface area contributed by atoms with E-state index in [-0.39, 0.29) is 37.2 Å². The van der Waals surface area contributed by atoms with Gasteiger partial charge >= 0.3 is 5.97 Å². The lowest BCUT2D eigenvalue weighted by Gasteiger charge is -2.23. The summed E-state index contributed by atoms with van der Waals surface area (Å²) in [5.74, 6) is -1.34. The molecule has 0 aromatic rings. The maximum Gasteiger partial charge on any atom is 0.326 e. The lowest BCUT2D eigenvalue weighted by molar-refractivity contribution is -0.147. The standard InChI is InChI=1S/C12H20N2O4/c1-7(2)8(3)13-10(15)6-14-9(12(17)18)4-5-11(14)16/h7-9H,4-6H2,1-3H3,(H,13,15)(H,17,18). The summed E-state index contributed by atoms with van der Waals surface area (Å²) < 4.78 is 0. The van der Waals surface area contributed by atoms with Gasteiger partial charge in [-0.05, 0) is 19.3 Å². The predicted molar refractivity (Wildman–Crippen MR) is 64.8 cm³/mol. The molecule has 0 bridgehead atoms. The minimum absolute atomic E-state index is 0.00140. The Labute approximate surface area is 106 Å². The van der Waals surface area contributed by atoms with E-state index >= 15 is 0 Å². The zero-order chi connectivity index (χ0) is 13.9. The number of aliphatic carboxylic acids is 1. The second-order valence-corrected chi connectivity index (χ2v) is 5.01. The van der Waals surface area contributed by atoms with Gasteiger partial charge in [0.2, 0.25) is 11.8 Å². The normalized spacial score (nSPS) is 21.2. The zero-order valence-electron chi connectivity index (χ0n) is 11.0. The first-order chi connectivity index (χ1) is 8.32. The Balaban J connectivity index is 2.57. The van der Waals surface area contributed by atoms with Gasteiger partial charge in [0.15, 0.2) is 0 Å². The highest BCUT2D eigenvalue weighted by atomic mass is 16.4. The monoisotopic (exact) mass is 256 g/mol. The van der Waals surface area contributed by atoms with Crippen LogP contribution in [0.15, 0.2) is 0 Å². The number of carboxylic acids is 1. The van der Waals surface area contributed by atoms with Crippen molar-refractivity contribution in [2.24, 2.45) is 5.92 Å². The van der Waals surface area contributed by atoms with Crippen LogP contribution in [0, 0.1) is 5.92 Å². The highest BCUT2D eigenvalue weighted by Crippen LogP contribution is 2.18. The molecule has 1 aliphatic heterocycles. The largest absolute Gasteiger partial charge is 0.480 e. The summed E-state index contributed by atoms with van der Waals surface area (Å²) in [4.78, 5) is 35.3. The molecule has 6 heteroatoms. The molecule has 0 radical (unpaired) electrons. The molecule has 18 heavy (non-hydrogen) atoms. The molecule has 1 heterocycles. The minimum Gasteiger partial charge on any atom is -0.480 e. The molecule has 0 aliphatic carbocycles. The molecule has 1 saturated heterocycles. The number of hydrogen-bond acceptors (Lipinski definition) is 3. The molecule has 0 aromatic carbocycles. The Morgan fingerprint density at radius 3 is 2.56 bits per heavy atom. The number of likely N-dealkylation sites (tertiary alicyclic amines) is 1. The van der Waals surface area contributed by atoms with Gasteiger partial charge in [0, 0.05) is 12.5 Å². The first-order valence-electron chi connectivity index (χ1n) is 6.14. The van der Waals surface area contributed by atoms with Crippen LogP contribution in [0.1, 0.15) is 33.6 Å². The fraction of sp³-hybridized carbons (Fsp3) is 0.750. The van der Waals surface area contributed by atoms with Crippen LogP contribution >= 0.6 is 0 Å². The number of nitrogens with zero attached hydrogens (tertiary/aromatic N) is 1. The molecule has 1 fully saturated rings. The van der Waals surface area contributed by atoms with Crippen molar-refractivity contribution in [3.63, 3.8) is 0 Å². The first-order valence-corrected chi connectivity index (χ1v) is 6.14. The zero-order valence-corrected chi connectivity index (χ0v) is 11.0. The van der Waals surface area contributed by atoms with E-state index in [2.05, 4.69) is 5.32 Å². The lowest BCUT2D eigenvalue weighted by atomic mass is 10.1. The smallest absolute Gasteiger partial charge is 0.326 e. The number of carbonyl (C=O) groups is 3. The summed E-state index contributed by atoms with van der Waals surface area (Å²) >= 11 is 0. The van der Waals surface area contributed by atoms with Crippen molar-refractivity contribution in [2.75, 3.05) is 6.54 Å². The van der Waals surface area contributed by atoms with Gasteiger partial charge in [-0.2, -0.15) is 0 Å². The maximum atomic E-state index is 11.7. The van der Waals surface area contributed by atoms with E-state index in [0.29, 0.717) is 5.92 Å². The molecule has 1 rings (SSSR count). The summed E-state index contributed by atoms with van der Waals surface area (Å²) in [5, 5.41) is 11.7. The molecule has 2 unspecified atom stereocenters. The molecular weight excluding hydrogens is 236 g/mol. The van der Waals surface area contributed by atoms with E-state index in [1.165, 1.54) is 0 Å². The Morgan fingerprint density at radius 2 is 2.06 bits per heavy atom. The Morgan fingerprint density at radius 1 is 1.44 bits per heavy atom. The fourth-order valence-electron chi connectivity index (χ4n) is 1.81. The van der Waals surface area contributed by atoms with E-state index in [1.54, 1.807) is 0 Å². The molecule has 2 N–H and O–H groups in total. The highest BCUT2D eigenvalue weighted by molar-refractivity contribution is 5.91. The molecule has 1 aliphatic rings. The van der Waals surface area contributed by atoms with Crippen LogP contribution in [-0.4, -0.2) is 46.4 Å². The van der Waals surface area contributed by atoms with Crippen LogP contribution < -0.4 is 5.32 Å². The number of amides is 2.